The van der Waals surface area contributed by atoms with Gasteiger partial charge in [-0.3, -0.25) is 14.4 Å². The van der Waals surface area contributed by atoms with E-state index in [1.54, 1.807) is 13.8 Å². The van der Waals surface area contributed by atoms with E-state index in [1.807, 2.05) is 17.9 Å². The monoisotopic (exact) mass is 400 g/mol. The van der Waals surface area contributed by atoms with Gasteiger partial charge in [-0.2, -0.15) is 5.26 Å². The largest absolute Gasteiger partial charge is 0.356 e. The third-order valence-electron chi connectivity index (χ3n) is 5.91. The summed E-state index contributed by atoms with van der Waals surface area (Å²) < 4.78 is 0. The molecular formula is C22H32N4O3. The maximum Gasteiger partial charge on any atom is 0.266 e. The predicted octanol–water partition coefficient (Wildman–Crippen LogP) is 2.34. The Balaban J connectivity index is 2.04. The van der Waals surface area contributed by atoms with Crippen molar-refractivity contribution in [3.8, 4) is 6.07 Å². The fourth-order valence-electron chi connectivity index (χ4n) is 4.00. The number of amides is 2. The van der Waals surface area contributed by atoms with Gasteiger partial charge in [0.05, 0.1) is 5.92 Å². The van der Waals surface area contributed by atoms with Gasteiger partial charge < -0.3 is 15.2 Å². The van der Waals surface area contributed by atoms with Crippen molar-refractivity contribution in [3.63, 3.8) is 0 Å². The fourth-order valence-corrected chi connectivity index (χ4v) is 4.00. The molecule has 2 amide bonds. The number of unbranched alkanes of at least 4 members (excludes halogenated alkanes) is 1. The smallest absolute Gasteiger partial charge is 0.266 e. The molecule has 0 spiro atoms. The van der Waals surface area contributed by atoms with Crippen LogP contribution in [0.4, 0.5) is 0 Å². The number of nitrogens with zero attached hydrogens (tertiary/aromatic N) is 2. The molecule has 0 bridgehead atoms. The van der Waals surface area contributed by atoms with Crippen molar-refractivity contribution >= 4 is 11.8 Å². The standard InChI is InChI=1S/C22H32N4O3/c1-5-6-11-24-21(28)17-8-7-14(2)26(13-17)20(27)10-9-18-15(3)19(12-23)22(29)25-16(18)4/h14,17H,5-11,13H2,1-4H3,(H,24,28)(H,25,29). The second-order valence-corrected chi connectivity index (χ2v) is 7.98. The molecule has 2 N–H and O–H groups in total. The van der Waals surface area contributed by atoms with E-state index in [-0.39, 0.29) is 41.3 Å². The minimum atomic E-state index is -0.390. The highest BCUT2D eigenvalue weighted by atomic mass is 16.2. The van der Waals surface area contributed by atoms with Crippen LogP contribution in [0.2, 0.25) is 0 Å². The van der Waals surface area contributed by atoms with Crippen LogP contribution >= 0.6 is 0 Å². The summed E-state index contributed by atoms with van der Waals surface area (Å²) in [5.41, 5.74) is 1.89. The molecule has 1 fully saturated rings. The van der Waals surface area contributed by atoms with Crippen molar-refractivity contribution in [2.45, 2.75) is 72.3 Å². The lowest BCUT2D eigenvalue weighted by molar-refractivity contribution is -0.138. The number of aromatic amines is 1. The van der Waals surface area contributed by atoms with E-state index in [2.05, 4.69) is 17.2 Å². The van der Waals surface area contributed by atoms with E-state index >= 15 is 0 Å². The summed E-state index contributed by atoms with van der Waals surface area (Å²) in [6.07, 6.45) is 4.34. The molecule has 1 aliphatic rings. The number of likely N-dealkylation sites (tertiary alicyclic amines) is 1. The molecule has 0 radical (unpaired) electrons. The topological polar surface area (TPSA) is 106 Å². The quantitative estimate of drug-likeness (QED) is 0.685. The molecule has 2 heterocycles. The van der Waals surface area contributed by atoms with Crippen LogP contribution in [0.15, 0.2) is 4.79 Å². The molecule has 1 aliphatic heterocycles. The van der Waals surface area contributed by atoms with Crippen LogP contribution in [-0.2, 0) is 16.0 Å². The van der Waals surface area contributed by atoms with Crippen LogP contribution in [0.1, 0.15) is 68.3 Å². The number of hydrogen-bond acceptors (Lipinski definition) is 4. The highest BCUT2D eigenvalue weighted by Crippen LogP contribution is 2.24. The molecular weight excluding hydrogens is 368 g/mol. The first-order valence-corrected chi connectivity index (χ1v) is 10.5. The third-order valence-corrected chi connectivity index (χ3v) is 5.91. The number of piperidine rings is 1. The van der Waals surface area contributed by atoms with Gasteiger partial charge >= 0.3 is 0 Å². The summed E-state index contributed by atoms with van der Waals surface area (Å²) in [5.74, 6) is -0.116. The molecule has 0 aliphatic carbocycles. The summed E-state index contributed by atoms with van der Waals surface area (Å²) in [6, 6.07) is 2.05. The number of aromatic nitrogens is 1. The summed E-state index contributed by atoms with van der Waals surface area (Å²) >= 11 is 0. The van der Waals surface area contributed by atoms with Gasteiger partial charge in [0, 0.05) is 31.2 Å². The number of rotatable bonds is 7. The molecule has 7 nitrogen and oxygen atoms in total. The van der Waals surface area contributed by atoms with Crippen molar-refractivity contribution < 1.29 is 9.59 Å². The fraction of sp³-hybridized carbons (Fsp3) is 0.636. The Morgan fingerprint density at radius 1 is 1.31 bits per heavy atom. The van der Waals surface area contributed by atoms with Crippen LogP contribution in [0.3, 0.4) is 0 Å². The number of nitrogens with one attached hydrogen (secondary N) is 2. The van der Waals surface area contributed by atoms with Crippen molar-refractivity contribution in [2.75, 3.05) is 13.1 Å². The molecule has 7 heteroatoms. The summed E-state index contributed by atoms with van der Waals surface area (Å²) in [5, 5.41) is 12.2. The van der Waals surface area contributed by atoms with E-state index < -0.39 is 0 Å². The number of pyridine rings is 1. The van der Waals surface area contributed by atoms with Crippen LogP contribution in [0.5, 0.6) is 0 Å². The van der Waals surface area contributed by atoms with Crippen LogP contribution in [0.25, 0.3) is 0 Å². The molecule has 0 saturated carbocycles. The number of H-pyrrole nitrogens is 1. The van der Waals surface area contributed by atoms with E-state index in [0.717, 1.165) is 31.2 Å². The minimum absolute atomic E-state index is 0.00654. The normalized spacial score (nSPS) is 18.9. The Morgan fingerprint density at radius 3 is 2.69 bits per heavy atom. The summed E-state index contributed by atoms with van der Waals surface area (Å²) in [6.45, 7) is 8.77. The number of aryl methyl sites for hydroxylation is 1. The molecule has 158 valence electrons. The van der Waals surface area contributed by atoms with Crippen LogP contribution in [0, 0.1) is 31.1 Å². The predicted molar refractivity (Wildman–Crippen MR) is 111 cm³/mol. The maximum absolute atomic E-state index is 12.9. The van der Waals surface area contributed by atoms with E-state index in [1.165, 1.54) is 0 Å². The Morgan fingerprint density at radius 2 is 2.03 bits per heavy atom. The van der Waals surface area contributed by atoms with Gasteiger partial charge in [-0.1, -0.05) is 13.3 Å². The Bertz CT molecular complexity index is 853. The SMILES string of the molecule is CCCCNC(=O)C1CCC(C)N(C(=O)CCc2c(C)[nH]c(=O)c(C#N)c2C)C1. The van der Waals surface area contributed by atoms with Crippen molar-refractivity contribution in [2.24, 2.45) is 5.92 Å². The summed E-state index contributed by atoms with van der Waals surface area (Å²) in [7, 11) is 0. The van der Waals surface area contributed by atoms with Gasteiger partial charge in [-0.25, -0.2) is 0 Å². The highest BCUT2D eigenvalue weighted by molar-refractivity contribution is 5.81. The Labute approximate surface area is 172 Å². The highest BCUT2D eigenvalue weighted by Gasteiger charge is 2.32. The van der Waals surface area contributed by atoms with Crippen molar-refractivity contribution in [1.29, 1.82) is 5.26 Å². The number of hydrogen-bond donors (Lipinski definition) is 2. The van der Waals surface area contributed by atoms with Gasteiger partial charge in [-0.05, 0) is 57.6 Å². The van der Waals surface area contributed by atoms with E-state index in [9.17, 15) is 19.6 Å². The maximum atomic E-state index is 12.9. The van der Waals surface area contributed by atoms with Crippen molar-refractivity contribution in [1.82, 2.24) is 15.2 Å². The van der Waals surface area contributed by atoms with E-state index in [0.29, 0.717) is 30.8 Å². The Hall–Kier alpha value is -2.62. The first kappa shape index (κ1) is 22.7. The molecule has 1 aromatic rings. The lowest BCUT2D eigenvalue weighted by atomic mass is 9.91. The molecule has 2 unspecified atom stereocenters. The molecule has 1 saturated heterocycles. The second-order valence-electron chi connectivity index (χ2n) is 7.98. The van der Waals surface area contributed by atoms with Gasteiger partial charge in [-0.15, -0.1) is 0 Å². The number of carbonyl (C=O) groups excluding carboxylic acids is 2. The Kier molecular flexibility index (Phi) is 8.00. The lowest BCUT2D eigenvalue weighted by Crippen LogP contribution is -2.49. The average Bonchev–Trinajstić information content (AvgIpc) is 2.68. The third kappa shape index (κ3) is 5.47. The number of nitriles is 1. The zero-order valence-corrected chi connectivity index (χ0v) is 17.9. The summed E-state index contributed by atoms with van der Waals surface area (Å²) in [4.78, 5) is 41.7. The molecule has 0 aromatic carbocycles. The van der Waals surface area contributed by atoms with Gasteiger partial charge in [0.15, 0.2) is 0 Å². The first-order valence-electron chi connectivity index (χ1n) is 10.5. The second kappa shape index (κ2) is 10.2. The van der Waals surface area contributed by atoms with Crippen LogP contribution < -0.4 is 10.9 Å². The van der Waals surface area contributed by atoms with Gasteiger partial charge in [0.1, 0.15) is 11.6 Å². The van der Waals surface area contributed by atoms with Gasteiger partial charge in [0.25, 0.3) is 5.56 Å². The molecule has 1 aromatic heterocycles. The zero-order valence-electron chi connectivity index (χ0n) is 17.9. The number of carbonyl (C=O) groups is 2. The van der Waals surface area contributed by atoms with Crippen molar-refractivity contribution in [3.05, 3.63) is 32.7 Å². The first-order chi connectivity index (χ1) is 13.8. The minimum Gasteiger partial charge on any atom is -0.356 e. The molecule has 2 atom stereocenters. The molecule has 29 heavy (non-hydrogen) atoms. The average molecular weight is 401 g/mol. The van der Waals surface area contributed by atoms with Gasteiger partial charge in [0.2, 0.25) is 11.8 Å². The van der Waals surface area contributed by atoms with Crippen LogP contribution in [-0.4, -0.2) is 40.8 Å². The van der Waals surface area contributed by atoms with E-state index in [4.69, 9.17) is 0 Å². The molecule has 2 rings (SSSR count). The zero-order chi connectivity index (χ0) is 21.6. The lowest BCUT2D eigenvalue weighted by Gasteiger charge is -2.37.